The number of pyridine rings is 1. The van der Waals surface area contributed by atoms with Crippen molar-refractivity contribution in [2.75, 3.05) is 0 Å². The maximum absolute atomic E-state index is 13.6. The summed E-state index contributed by atoms with van der Waals surface area (Å²) in [5.74, 6) is -0.548. The molecule has 2 heterocycles. The van der Waals surface area contributed by atoms with Crippen LogP contribution in [-0.4, -0.2) is 15.2 Å². The minimum atomic E-state index is -0.548. The van der Waals surface area contributed by atoms with Crippen LogP contribution in [0.5, 0.6) is 0 Å². The zero-order valence-electron chi connectivity index (χ0n) is 10.3. The fraction of sp³-hybridized carbons (Fsp3) is 0. The summed E-state index contributed by atoms with van der Waals surface area (Å²) in [7, 11) is 0. The van der Waals surface area contributed by atoms with Crippen LogP contribution in [0.2, 0.25) is 0 Å². The molecule has 2 aromatic heterocycles. The van der Waals surface area contributed by atoms with Gasteiger partial charge in [-0.15, -0.1) is 0 Å². The van der Waals surface area contributed by atoms with Gasteiger partial charge >= 0.3 is 0 Å². The molecule has 5 heteroatoms. The van der Waals surface area contributed by atoms with Crippen LogP contribution in [0.25, 0.3) is 22.5 Å². The third-order valence-corrected chi connectivity index (χ3v) is 2.91. The largest absolute Gasteiger partial charge is 0.277 e. The molecule has 0 bridgehead atoms. The highest BCUT2D eigenvalue weighted by molar-refractivity contribution is 5.68. The molecule has 0 aliphatic carbocycles. The number of benzene rings is 1. The maximum Gasteiger partial charge on any atom is 0.222 e. The van der Waals surface area contributed by atoms with E-state index in [0.717, 1.165) is 5.56 Å². The van der Waals surface area contributed by atoms with Crippen molar-refractivity contribution in [2.45, 2.75) is 0 Å². The number of aromatic nitrogens is 3. The average Bonchev–Trinajstić information content (AvgIpc) is 2.97. The van der Waals surface area contributed by atoms with Crippen LogP contribution >= 0.6 is 0 Å². The predicted octanol–water partition coefficient (Wildman–Crippen LogP) is 3.15. The highest BCUT2D eigenvalue weighted by Gasteiger charge is 2.10. The van der Waals surface area contributed by atoms with Crippen LogP contribution in [0.15, 0.2) is 48.7 Å². The van der Waals surface area contributed by atoms with Gasteiger partial charge in [0.1, 0.15) is 0 Å². The number of rotatable bonds is 2. The van der Waals surface area contributed by atoms with Crippen LogP contribution in [0, 0.1) is 17.3 Å². The molecule has 3 aromatic rings. The van der Waals surface area contributed by atoms with Gasteiger partial charge in [0.05, 0.1) is 28.6 Å². The summed E-state index contributed by atoms with van der Waals surface area (Å²) in [4.78, 5) is 3.61. The molecule has 20 heavy (non-hydrogen) atoms. The Labute approximate surface area is 114 Å². The third kappa shape index (κ3) is 2.15. The number of nitrogens with one attached hydrogen (secondary N) is 1. The van der Waals surface area contributed by atoms with Gasteiger partial charge < -0.3 is 0 Å². The number of halogens is 1. The predicted molar refractivity (Wildman–Crippen MR) is 71.9 cm³/mol. The summed E-state index contributed by atoms with van der Waals surface area (Å²) in [6.45, 7) is 0. The van der Waals surface area contributed by atoms with Crippen LogP contribution in [0.1, 0.15) is 5.56 Å². The van der Waals surface area contributed by atoms with Gasteiger partial charge in [-0.1, -0.05) is 12.1 Å². The number of aromatic amines is 1. The van der Waals surface area contributed by atoms with E-state index in [4.69, 9.17) is 5.26 Å². The highest BCUT2D eigenvalue weighted by Crippen LogP contribution is 2.25. The Morgan fingerprint density at radius 3 is 2.85 bits per heavy atom. The molecule has 1 aromatic carbocycles. The van der Waals surface area contributed by atoms with E-state index in [0.29, 0.717) is 22.5 Å². The molecule has 0 amide bonds. The fourth-order valence-corrected chi connectivity index (χ4v) is 1.94. The van der Waals surface area contributed by atoms with E-state index in [-0.39, 0.29) is 0 Å². The standard InChI is InChI=1S/C15H9FN4/c16-15-12(5-2-6-18-15)14-8-13(19-20-14)11-4-1-3-10(7-11)9-17/h1-8H,(H,19,20). The highest BCUT2D eigenvalue weighted by atomic mass is 19.1. The fourth-order valence-electron chi connectivity index (χ4n) is 1.94. The lowest BCUT2D eigenvalue weighted by atomic mass is 10.1. The van der Waals surface area contributed by atoms with Gasteiger partial charge in [0.25, 0.3) is 0 Å². The van der Waals surface area contributed by atoms with E-state index in [2.05, 4.69) is 21.3 Å². The Balaban J connectivity index is 2.02. The first-order valence-corrected chi connectivity index (χ1v) is 5.95. The molecule has 0 spiro atoms. The molecule has 96 valence electrons. The van der Waals surface area contributed by atoms with E-state index in [1.807, 2.05) is 6.07 Å². The van der Waals surface area contributed by atoms with Crippen molar-refractivity contribution in [3.05, 3.63) is 60.2 Å². The summed E-state index contributed by atoms with van der Waals surface area (Å²) in [6, 6.07) is 14.2. The van der Waals surface area contributed by atoms with E-state index in [1.54, 1.807) is 36.4 Å². The molecule has 3 rings (SSSR count). The molecule has 0 fully saturated rings. The molecule has 4 nitrogen and oxygen atoms in total. The van der Waals surface area contributed by atoms with Crippen molar-refractivity contribution in [2.24, 2.45) is 0 Å². The van der Waals surface area contributed by atoms with Gasteiger partial charge in [-0.25, -0.2) is 4.98 Å². The summed E-state index contributed by atoms with van der Waals surface area (Å²) < 4.78 is 13.6. The minimum absolute atomic E-state index is 0.364. The van der Waals surface area contributed by atoms with Crippen LogP contribution in [-0.2, 0) is 0 Å². The molecule has 0 unspecified atom stereocenters. The Morgan fingerprint density at radius 1 is 1.15 bits per heavy atom. The summed E-state index contributed by atoms with van der Waals surface area (Å²) >= 11 is 0. The third-order valence-electron chi connectivity index (χ3n) is 2.91. The lowest BCUT2D eigenvalue weighted by molar-refractivity contribution is 0.587. The smallest absolute Gasteiger partial charge is 0.222 e. The Bertz CT molecular complexity index is 801. The summed E-state index contributed by atoms with van der Waals surface area (Å²) in [5, 5.41) is 15.8. The molecule has 0 saturated carbocycles. The second-order valence-electron chi connectivity index (χ2n) is 4.20. The Morgan fingerprint density at radius 2 is 2.05 bits per heavy atom. The SMILES string of the molecule is N#Cc1cccc(-c2cc(-c3cccnc3F)[nH]n2)c1. The number of hydrogen-bond acceptors (Lipinski definition) is 3. The molecule has 0 saturated heterocycles. The van der Waals surface area contributed by atoms with Gasteiger partial charge in [0.15, 0.2) is 0 Å². The summed E-state index contributed by atoms with van der Waals surface area (Å²) in [5.41, 5.74) is 2.92. The van der Waals surface area contributed by atoms with Crippen molar-refractivity contribution < 1.29 is 4.39 Å². The topological polar surface area (TPSA) is 65.4 Å². The average molecular weight is 264 g/mol. The Hall–Kier alpha value is -3.00. The van der Waals surface area contributed by atoms with Gasteiger partial charge in [-0.2, -0.15) is 14.8 Å². The van der Waals surface area contributed by atoms with Crippen molar-refractivity contribution in [1.82, 2.24) is 15.2 Å². The van der Waals surface area contributed by atoms with Crippen molar-refractivity contribution in [1.29, 1.82) is 5.26 Å². The molecule has 0 atom stereocenters. The molecule has 1 N–H and O–H groups in total. The Kier molecular flexibility index (Phi) is 2.98. The lowest BCUT2D eigenvalue weighted by Crippen LogP contribution is -1.87. The second kappa shape index (κ2) is 4.94. The maximum atomic E-state index is 13.6. The number of nitriles is 1. The first kappa shape index (κ1) is 12.1. The van der Waals surface area contributed by atoms with E-state index in [9.17, 15) is 4.39 Å². The molecule has 0 aliphatic heterocycles. The van der Waals surface area contributed by atoms with Gasteiger partial charge in [0, 0.05) is 11.8 Å². The van der Waals surface area contributed by atoms with Crippen molar-refractivity contribution in [3.8, 4) is 28.6 Å². The lowest BCUT2D eigenvalue weighted by Gasteiger charge is -1.97. The molecular formula is C15H9FN4. The first-order valence-electron chi connectivity index (χ1n) is 5.95. The first-order chi connectivity index (χ1) is 9.78. The van der Waals surface area contributed by atoms with Crippen LogP contribution in [0.3, 0.4) is 0 Å². The van der Waals surface area contributed by atoms with E-state index >= 15 is 0 Å². The van der Waals surface area contributed by atoms with E-state index in [1.165, 1.54) is 6.20 Å². The zero-order chi connectivity index (χ0) is 13.9. The molecule has 0 aliphatic rings. The van der Waals surface area contributed by atoms with Crippen molar-refractivity contribution in [3.63, 3.8) is 0 Å². The quantitative estimate of drug-likeness (QED) is 0.723. The van der Waals surface area contributed by atoms with Crippen molar-refractivity contribution >= 4 is 0 Å². The zero-order valence-corrected chi connectivity index (χ0v) is 10.3. The normalized spacial score (nSPS) is 10.2. The minimum Gasteiger partial charge on any atom is -0.277 e. The number of H-pyrrole nitrogens is 1. The van der Waals surface area contributed by atoms with Crippen LogP contribution < -0.4 is 0 Å². The van der Waals surface area contributed by atoms with E-state index < -0.39 is 5.95 Å². The summed E-state index contributed by atoms with van der Waals surface area (Å²) in [6.07, 6.45) is 1.40. The number of nitrogens with zero attached hydrogens (tertiary/aromatic N) is 3. The number of hydrogen-bond donors (Lipinski definition) is 1. The monoisotopic (exact) mass is 264 g/mol. The molecular weight excluding hydrogens is 255 g/mol. The van der Waals surface area contributed by atoms with Gasteiger partial charge in [-0.05, 0) is 30.3 Å². The van der Waals surface area contributed by atoms with Gasteiger partial charge in [0.2, 0.25) is 5.95 Å². The van der Waals surface area contributed by atoms with Crippen LogP contribution in [0.4, 0.5) is 4.39 Å². The van der Waals surface area contributed by atoms with Gasteiger partial charge in [-0.3, -0.25) is 5.10 Å². The molecule has 0 radical (unpaired) electrons. The second-order valence-corrected chi connectivity index (χ2v) is 4.20.